The first-order valence-electron chi connectivity index (χ1n) is 11.8. The topological polar surface area (TPSA) is 96.0 Å². The highest BCUT2D eigenvalue weighted by molar-refractivity contribution is 7.89. The summed E-state index contributed by atoms with van der Waals surface area (Å²) in [7, 11) is -3.67. The average Bonchev–Trinajstić information content (AvgIpc) is 2.86. The maximum atomic E-state index is 13.3. The molecule has 34 heavy (non-hydrogen) atoms. The third-order valence-electron chi connectivity index (χ3n) is 6.47. The van der Waals surface area contributed by atoms with E-state index in [0.29, 0.717) is 37.4 Å². The molecule has 0 spiro atoms. The van der Waals surface area contributed by atoms with Crippen LogP contribution in [-0.4, -0.2) is 56.9 Å². The summed E-state index contributed by atoms with van der Waals surface area (Å²) in [4.78, 5) is 27.7. The first kappa shape index (κ1) is 24.2. The molecule has 2 heterocycles. The highest BCUT2D eigenvalue weighted by Gasteiger charge is 2.32. The van der Waals surface area contributed by atoms with Gasteiger partial charge in [0.1, 0.15) is 0 Å². The molecule has 4 rings (SSSR count). The molecular weight excluding hydrogens is 454 g/mol. The van der Waals surface area contributed by atoms with Crippen LogP contribution in [0.2, 0.25) is 0 Å². The number of cyclic esters (lactones) is 1. The molecule has 0 aromatic heterocycles. The number of anilines is 2. The normalized spacial score (nSPS) is 18.6. The highest BCUT2D eigenvalue weighted by Crippen LogP contribution is 2.32. The van der Waals surface area contributed by atoms with Gasteiger partial charge in [-0.05, 0) is 56.5 Å². The summed E-state index contributed by atoms with van der Waals surface area (Å²) in [6.07, 6.45) is 1.98. The van der Waals surface area contributed by atoms with Gasteiger partial charge in [-0.1, -0.05) is 24.6 Å². The molecule has 1 fully saturated rings. The van der Waals surface area contributed by atoms with E-state index in [9.17, 15) is 18.0 Å². The van der Waals surface area contributed by atoms with Crippen LogP contribution in [0.4, 0.5) is 11.4 Å². The number of nitrogens with one attached hydrogen (secondary N) is 1. The summed E-state index contributed by atoms with van der Waals surface area (Å²) in [5.74, 6) is -1.02. The summed E-state index contributed by atoms with van der Waals surface area (Å²) < 4.78 is 33.4. The van der Waals surface area contributed by atoms with Gasteiger partial charge in [-0.25, -0.2) is 13.2 Å². The van der Waals surface area contributed by atoms with Crippen LogP contribution in [0, 0.1) is 0 Å². The van der Waals surface area contributed by atoms with Crippen molar-refractivity contribution in [1.29, 1.82) is 0 Å². The third kappa shape index (κ3) is 4.81. The smallest absolute Gasteiger partial charge is 0.339 e. The number of esters is 1. The third-order valence-corrected chi connectivity index (χ3v) is 8.36. The second-order valence-corrected chi connectivity index (χ2v) is 10.5. The Labute approximate surface area is 200 Å². The van der Waals surface area contributed by atoms with Crippen molar-refractivity contribution in [1.82, 2.24) is 4.31 Å². The number of hydrogen-bond donors (Lipinski definition) is 1. The van der Waals surface area contributed by atoms with Gasteiger partial charge < -0.3 is 15.0 Å². The number of piperidine rings is 1. The molecule has 0 bridgehead atoms. The van der Waals surface area contributed by atoms with Crippen LogP contribution in [0.15, 0.2) is 47.4 Å². The van der Waals surface area contributed by atoms with Crippen LogP contribution < -0.4 is 10.2 Å². The van der Waals surface area contributed by atoms with Gasteiger partial charge in [-0.2, -0.15) is 4.31 Å². The van der Waals surface area contributed by atoms with E-state index in [2.05, 4.69) is 5.32 Å². The predicted octanol–water partition coefficient (Wildman–Crippen LogP) is 3.43. The standard InChI is InChI=1S/C25H31N3O5S/c1-3-27(4-2)22-13-12-19(34(31,32)28-14-8-5-9-15-28)17-21(22)26-24(29)23-16-18-10-6-7-11-20(18)25(30)33-23/h6-7,10-13,17,23H,3-5,8-9,14-16H2,1-2H3,(H,26,29). The van der Waals surface area contributed by atoms with Gasteiger partial charge >= 0.3 is 5.97 Å². The van der Waals surface area contributed by atoms with Crippen LogP contribution in [0.1, 0.15) is 49.0 Å². The fraction of sp³-hybridized carbons (Fsp3) is 0.440. The number of nitrogens with zero attached hydrogens (tertiary/aromatic N) is 2. The lowest BCUT2D eigenvalue weighted by molar-refractivity contribution is -0.125. The van der Waals surface area contributed by atoms with Crippen molar-refractivity contribution < 1.29 is 22.7 Å². The van der Waals surface area contributed by atoms with Crippen molar-refractivity contribution in [3.8, 4) is 0 Å². The van der Waals surface area contributed by atoms with Crippen molar-refractivity contribution >= 4 is 33.3 Å². The fourth-order valence-corrected chi connectivity index (χ4v) is 6.10. The molecule has 182 valence electrons. The predicted molar refractivity (Wildman–Crippen MR) is 131 cm³/mol. The van der Waals surface area contributed by atoms with Crippen LogP contribution in [-0.2, 0) is 26.0 Å². The zero-order valence-electron chi connectivity index (χ0n) is 19.6. The molecule has 2 aromatic carbocycles. The van der Waals surface area contributed by atoms with Crippen LogP contribution in [0.5, 0.6) is 0 Å². The fourth-order valence-electron chi connectivity index (χ4n) is 4.56. The number of benzene rings is 2. The molecule has 0 aliphatic carbocycles. The zero-order valence-corrected chi connectivity index (χ0v) is 20.4. The Kier molecular flexibility index (Phi) is 7.23. The molecule has 1 saturated heterocycles. The number of rotatable bonds is 7. The first-order valence-corrected chi connectivity index (χ1v) is 13.3. The largest absolute Gasteiger partial charge is 0.448 e. The highest BCUT2D eigenvalue weighted by atomic mass is 32.2. The summed E-state index contributed by atoms with van der Waals surface area (Å²) >= 11 is 0. The monoisotopic (exact) mass is 485 g/mol. The van der Waals surface area contributed by atoms with Crippen molar-refractivity contribution in [3.63, 3.8) is 0 Å². The first-order chi connectivity index (χ1) is 16.3. The van der Waals surface area contributed by atoms with Gasteiger partial charge in [0, 0.05) is 32.6 Å². The number of amides is 1. The molecule has 0 radical (unpaired) electrons. The van der Waals surface area contributed by atoms with E-state index in [4.69, 9.17) is 4.74 Å². The van der Waals surface area contributed by atoms with E-state index < -0.39 is 28.0 Å². The van der Waals surface area contributed by atoms with Gasteiger partial charge in [0.25, 0.3) is 5.91 Å². The van der Waals surface area contributed by atoms with E-state index >= 15 is 0 Å². The van der Waals surface area contributed by atoms with E-state index in [1.165, 1.54) is 10.4 Å². The van der Waals surface area contributed by atoms with Gasteiger partial charge in [0.15, 0.2) is 6.10 Å². The Morgan fingerprint density at radius 2 is 1.79 bits per heavy atom. The van der Waals surface area contributed by atoms with Gasteiger partial charge in [-0.15, -0.1) is 0 Å². The molecule has 1 amide bonds. The molecule has 0 saturated carbocycles. The quantitative estimate of drug-likeness (QED) is 0.604. The summed E-state index contributed by atoms with van der Waals surface area (Å²) in [5.41, 5.74) is 2.33. The zero-order chi connectivity index (χ0) is 24.3. The molecule has 2 aromatic rings. The molecule has 1 atom stereocenters. The lowest BCUT2D eigenvalue weighted by Crippen LogP contribution is -2.38. The SMILES string of the molecule is CCN(CC)c1ccc(S(=O)(=O)N2CCCCC2)cc1NC(=O)C1Cc2ccccc2C(=O)O1. The van der Waals surface area contributed by atoms with Crippen molar-refractivity contribution in [3.05, 3.63) is 53.6 Å². The Bertz CT molecular complexity index is 1170. The lowest BCUT2D eigenvalue weighted by atomic mass is 9.98. The summed E-state index contributed by atoms with van der Waals surface area (Å²) in [5, 5.41) is 2.86. The lowest BCUT2D eigenvalue weighted by Gasteiger charge is -2.29. The average molecular weight is 486 g/mol. The number of fused-ring (bicyclic) bond motifs is 1. The molecule has 2 aliphatic heterocycles. The van der Waals surface area contributed by atoms with E-state index in [1.54, 1.807) is 24.3 Å². The molecule has 1 unspecified atom stereocenters. The van der Waals surface area contributed by atoms with Crippen LogP contribution in [0.25, 0.3) is 0 Å². The van der Waals surface area contributed by atoms with Crippen molar-refractivity contribution in [2.75, 3.05) is 36.4 Å². The van der Waals surface area contributed by atoms with Crippen molar-refractivity contribution in [2.24, 2.45) is 0 Å². The molecule has 9 heteroatoms. The van der Waals surface area contributed by atoms with Gasteiger partial charge in [0.05, 0.1) is 21.8 Å². The molecule has 1 N–H and O–H groups in total. The van der Waals surface area contributed by atoms with Gasteiger partial charge in [-0.3, -0.25) is 4.79 Å². The minimum absolute atomic E-state index is 0.145. The number of ether oxygens (including phenoxy) is 1. The van der Waals surface area contributed by atoms with Crippen LogP contribution >= 0.6 is 0 Å². The van der Waals surface area contributed by atoms with Crippen molar-refractivity contribution in [2.45, 2.75) is 50.5 Å². The maximum Gasteiger partial charge on any atom is 0.339 e. The Morgan fingerprint density at radius 3 is 2.50 bits per heavy atom. The van der Waals surface area contributed by atoms with E-state index in [-0.39, 0.29) is 11.3 Å². The minimum Gasteiger partial charge on any atom is -0.448 e. The van der Waals surface area contributed by atoms with E-state index in [0.717, 1.165) is 30.5 Å². The summed E-state index contributed by atoms with van der Waals surface area (Å²) in [6.45, 7) is 6.35. The number of sulfonamides is 1. The maximum absolute atomic E-state index is 13.3. The van der Waals surface area contributed by atoms with Crippen LogP contribution in [0.3, 0.4) is 0 Å². The number of carbonyl (C=O) groups is 2. The minimum atomic E-state index is -3.67. The molecule has 8 nitrogen and oxygen atoms in total. The van der Waals surface area contributed by atoms with E-state index in [1.807, 2.05) is 30.9 Å². The number of carbonyl (C=O) groups excluding carboxylic acids is 2. The molecule has 2 aliphatic rings. The Hall–Kier alpha value is -2.91. The molecular formula is C25H31N3O5S. The second kappa shape index (κ2) is 10.1. The Morgan fingerprint density at radius 1 is 1.09 bits per heavy atom. The summed E-state index contributed by atoms with van der Waals surface area (Å²) in [6, 6.07) is 11.9. The second-order valence-electron chi connectivity index (χ2n) is 8.56. The Balaban J connectivity index is 1.64. The number of hydrogen-bond acceptors (Lipinski definition) is 6. The van der Waals surface area contributed by atoms with Gasteiger partial charge in [0.2, 0.25) is 10.0 Å².